The second-order valence-corrected chi connectivity index (χ2v) is 10.0. The van der Waals surface area contributed by atoms with E-state index < -0.39 is 6.03 Å². The number of nitrogen functional groups attached to an aromatic ring is 1. The summed E-state index contributed by atoms with van der Waals surface area (Å²) in [7, 11) is 0. The van der Waals surface area contributed by atoms with Crippen molar-refractivity contribution in [2.75, 3.05) is 18.8 Å². The Kier molecular flexibility index (Phi) is 7.31. The predicted octanol–water partition coefficient (Wildman–Crippen LogP) is 4.49. The number of primary amides is 1. The van der Waals surface area contributed by atoms with Crippen LogP contribution in [0.25, 0.3) is 0 Å². The lowest BCUT2D eigenvalue weighted by Crippen LogP contribution is -2.44. The third kappa shape index (κ3) is 5.80. The highest BCUT2D eigenvalue weighted by molar-refractivity contribution is 6.14. The summed E-state index contributed by atoms with van der Waals surface area (Å²) in [5, 5.41) is 12.0. The lowest BCUT2D eigenvalue weighted by atomic mass is 9.97. The average Bonchev–Trinajstić information content (AvgIpc) is 3.78. The van der Waals surface area contributed by atoms with Gasteiger partial charge in [0.1, 0.15) is 11.9 Å². The molecule has 0 spiro atoms. The summed E-state index contributed by atoms with van der Waals surface area (Å²) < 4.78 is 6.07. The van der Waals surface area contributed by atoms with Crippen LogP contribution in [-0.2, 0) is 0 Å². The van der Waals surface area contributed by atoms with Crippen LogP contribution < -0.4 is 21.5 Å². The van der Waals surface area contributed by atoms with Crippen LogP contribution in [0.3, 0.4) is 0 Å². The van der Waals surface area contributed by atoms with Gasteiger partial charge in [0.2, 0.25) is 0 Å². The summed E-state index contributed by atoms with van der Waals surface area (Å²) in [4.78, 5) is 26.1. The van der Waals surface area contributed by atoms with Gasteiger partial charge in [-0.1, -0.05) is 30.3 Å². The minimum Gasteiger partial charge on any atom is -0.490 e. The highest BCUT2D eigenvalue weighted by Gasteiger charge is 2.33. The fourth-order valence-electron chi connectivity index (χ4n) is 4.94. The number of hydrogen-bond acceptors (Lipinski definition) is 5. The summed E-state index contributed by atoms with van der Waals surface area (Å²) in [6, 6.07) is 22.0. The molecule has 2 aliphatic rings. The topological polar surface area (TPSA) is 135 Å². The number of anilines is 1. The monoisotopic (exact) mass is 511 g/mol. The molecule has 0 aromatic heterocycles. The Balaban J connectivity index is 1.25. The average molecular weight is 512 g/mol. The second-order valence-electron chi connectivity index (χ2n) is 10.0. The molecule has 3 aromatic rings. The summed E-state index contributed by atoms with van der Waals surface area (Å²) in [5.74, 6) is 0.975. The summed E-state index contributed by atoms with van der Waals surface area (Å²) in [6.45, 7) is 1.16. The molecule has 1 atom stereocenters. The van der Waals surface area contributed by atoms with E-state index in [0.717, 1.165) is 31.2 Å². The smallest absolute Gasteiger partial charge is 0.314 e. The van der Waals surface area contributed by atoms with E-state index in [4.69, 9.17) is 21.6 Å². The molecule has 8 nitrogen and oxygen atoms in total. The number of urea groups is 1. The molecule has 1 aliphatic carbocycles. The number of piperidine rings is 1. The van der Waals surface area contributed by atoms with E-state index >= 15 is 0 Å². The zero-order valence-corrected chi connectivity index (χ0v) is 21.2. The number of carbonyl (C=O) groups is 2. The predicted molar refractivity (Wildman–Crippen MR) is 147 cm³/mol. The minimum atomic E-state index is -0.397. The largest absolute Gasteiger partial charge is 0.490 e. The van der Waals surface area contributed by atoms with Crippen molar-refractivity contribution in [3.05, 3.63) is 95.1 Å². The summed E-state index contributed by atoms with van der Waals surface area (Å²) in [5.41, 5.74) is 15.0. The first-order chi connectivity index (χ1) is 18.4. The van der Waals surface area contributed by atoms with Gasteiger partial charge in [-0.3, -0.25) is 10.2 Å². The Hall–Kier alpha value is -4.33. The van der Waals surface area contributed by atoms with Crippen molar-refractivity contribution in [1.82, 2.24) is 10.2 Å². The summed E-state index contributed by atoms with van der Waals surface area (Å²) in [6.07, 6.45) is 3.65. The molecule has 2 fully saturated rings. The number of nitrogens with zero attached hydrogens (tertiary/aromatic N) is 1. The lowest BCUT2D eigenvalue weighted by molar-refractivity contribution is 0.0931. The van der Waals surface area contributed by atoms with Gasteiger partial charge in [0, 0.05) is 48.3 Å². The number of amides is 3. The number of carbonyl (C=O) groups excluding carboxylic acids is 2. The van der Waals surface area contributed by atoms with Crippen LogP contribution in [0.1, 0.15) is 58.8 Å². The molecular weight excluding hydrogens is 478 g/mol. The zero-order chi connectivity index (χ0) is 26.6. The molecule has 1 saturated heterocycles. The molecule has 1 aliphatic heterocycles. The molecule has 38 heavy (non-hydrogen) atoms. The number of benzene rings is 3. The van der Waals surface area contributed by atoms with Gasteiger partial charge in [0.25, 0.3) is 5.91 Å². The third-order valence-electron chi connectivity index (χ3n) is 7.32. The van der Waals surface area contributed by atoms with E-state index in [1.54, 1.807) is 23.1 Å². The normalized spacial score (nSPS) is 16.5. The van der Waals surface area contributed by atoms with Crippen molar-refractivity contribution in [2.45, 2.75) is 37.8 Å². The van der Waals surface area contributed by atoms with Gasteiger partial charge in [0.15, 0.2) is 0 Å². The van der Waals surface area contributed by atoms with E-state index in [2.05, 4.69) is 5.32 Å². The maximum Gasteiger partial charge on any atom is 0.314 e. The molecule has 3 aromatic carbocycles. The Morgan fingerprint density at radius 1 is 0.921 bits per heavy atom. The first-order valence-electron chi connectivity index (χ1n) is 13.0. The van der Waals surface area contributed by atoms with E-state index in [1.807, 2.05) is 54.6 Å². The maximum absolute atomic E-state index is 13.2. The summed E-state index contributed by atoms with van der Waals surface area (Å²) >= 11 is 0. The van der Waals surface area contributed by atoms with Gasteiger partial charge in [-0.05, 0) is 66.8 Å². The van der Waals surface area contributed by atoms with Crippen molar-refractivity contribution in [3.63, 3.8) is 0 Å². The van der Waals surface area contributed by atoms with Crippen molar-refractivity contribution in [3.8, 4) is 5.75 Å². The second kappa shape index (κ2) is 11.0. The minimum absolute atomic E-state index is 0.0112. The molecule has 0 bridgehead atoms. The van der Waals surface area contributed by atoms with Crippen LogP contribution in [0, 0.1) is 11.3 Å². The van der Waals surface area contributed by atoms with Gasteiger partial charge in [0.05, 0.1) is 11.8 Å². The maximum atomic E-state index is 13.2. The van der Waals surface area contributed by atoms with Crippen molar-refractivity contribution in [1.29, 1.82) is 5.41 Å². The van der Waals surface area contributed by atoms with Crippen molar-refractivity contribution >= 4 is 23.3 Å². The molecule has 8 heteroatoms. The van der Waals surface area contributed by atoms with Gasteiger partial charge in [-0.15, -0.1) is 0 Å². The number of nitrogens with one attached hydrogen (secondary N) is 2. The molecule has 196 valence electrons. The van der Waals surface area contributed by atoms with Crippen LogP contribution in [0.2, 0.25) is 0 Å². The van der Waals surface area contributed by atoms with Crippen LogP contribution in [0.5, 0.6) is 5.75 Å². The van der Waals surface area contributed by atoms with Crippen LogP contribution >= 0.6 is 0 Å². The Morgan fingerprint density at radius 3 is 2.21 bits per heavy atom. The molecule has 6 N–H and O–H groups in total. The van der Waals surface area contributed by atoms with Gasteiger partial charge in [-0.25, -0.2) is 4.79 Å². The van der Waals surface area contributed by atoms with Crippen molar-refractivity contribution < 1.29 is 14.3 Å². The fraction of sp³-hybridized carbons (Fsp3) is 0.300. The van der Waals surface area contributed by atoms with E-state index in [1.165, 1.54) is 0 Å². The van der Waals surface area contributed by atoms with Gasteiger partial charge >= 0.3 is 6.03 Å². The van der Waals surface area contributed by atoms with E-state index in [-0.39, 0.29) is 23.8 Å². The molecule has 1 saturated carbocycles. The third-order valence-corrected chi connectivity index (χ3v) is 7.32. The standard InChI is InChI=1S/C30H33N5O3/c31-26-13-10-22(29(36)34-28(21-6-7-21)20-4-2-1-3-5-20)18-25(26)27(32)19-8-11-23(12-9-19)38-24-14-16-35(17-15-24)30(33)37/h1-5,8-13,18,21,24,28,32H,6-7,14-17,31H2,(H2,33,37)(H,34,36). The lowest BCUT2D eigenvalue weighted by Gasteiger charge is -2.31. The van der Waals surface area contributed by atoms with E-state index in [9.17, 15) is 9.59 Å². The molecule has 0 radical (unpaired) electrons. The number of ether oxygens (including phenoxy) is 1. The molecular formula is C30H33N5O3. The zero-order valence-electron chi connectivity index (χ0n) is 21.2. The van der Waals surface area contributed by atoms with Crippen LogP contribution in [-0.4, -0.2) is 41.7 Å². The highest BCUT2D eigenvalue weighted by Crippen LogP contribution is 2.41. The van der Waals surface area contributed by atoms with E-state index in [0.29, 0.717) is 47.1 Å². The SMILES string of the molecule is N=C(c1ccc(OC2CCN(C(N)=O)CC2)cc1)c1cc(C(=O)NC(c2ccccc2)C2CC2)ccc1N. The Morgan fingerprint density at radius 2 is 1.58 bits per heavy atom. The van der Waals surface area contributed by atoms with Crippen molar-refractivity contribution in [2.24, 2.45) is 11.7 Å². The number of likely N-dealkylation sites (tertiary alicyclic amines) is 1. The van der Waals surface area contributed by atoms with Gasteiger partial charge in [-0.2, -0.15) is 0 Å². The molecule has 1 heterocycles. The Labute approximate surface area is 222 Å². The van der Waals surface area contributed by atoms with Crippen LogP contribution in [0.4, 0.5) is 10.5 Å². The number of nitrogens with two attached hydrogens (primary N) is 2. The highest BCUT2D eigenvalue weighted by atomic mass is 16.5. The van der Waals surface area contributed by atoms with Gasteiger partial charge < -0.3 is 26.4 Å². The Bertz CT molecular complexity index is 1310. The fourth-order valence-corrected chi connectivity index (χ4v) is 4.94. The molecule has 1 unspecified atom stereocenters. The molecule has 5 rings (SSSR count). The number of rotatable bonds is 8. The molecule has 3 amide bonds. The first kappa shape index (κ1) is 25.3. The van der Waals surface area contributed by atoms with Crippen LogP contribution in [0.15, 0.2) is 72.8 Å². The number of hydrogen-bond donors (Lipinski definition) is 4. The first-order valence-corrected chi connectivity index (χ1v) is 13.0. The quantitative estimate of drug-likeness (QED) is 0.262.